The number of hydrogen-bond donors (Lipinski definition) is 0. The summed E-state index contributed by atoms with van der Waals surface area (Å²) in [5.74, 6) is 1.96. The molecule has 0 spiro atoms. The molecule has 0 saturated carbocycles. The Morgan fingerprint density at radius 3 is 2.00 bits per heavy atom. The minimum absolute atomic E-state index is 0.127. The van der Waals surface area contributed by atoms with Crippen molar-refractivity contribution in [1.29, 1.82) is 0 Å². The second kappa shape index (κ2) is 9.31. The van der Waals surface area contributed by atoms with Gasteiger partial charge in [0.2, 0.25) is 0 Å². The number of fused-ring (bicyclic) bond motifs is 3. The first kappa shape index (κ1) is 22.5. The van der Waals surface area contributed by atoms with E-state index in [4.69, 9.17) is 5.10 Å². The van der Waals surface area contributed by atoms with Gasteiger partial charge in [-0.15, -0.1) is 10.2 Å². The van der Waals surface area contributed by atoms with E-state index in [0.29, 0.717) is 0 Å². The van der Waals surface area contributed by atoms with Gasteiger partial charge in [0.1, 0.15) is 5.82 Å². The van der Waals surface area contributed by atoms with Crippen LogP contribution in [0.25, 0.3) is 44.6 Å². The van der Waals surface area contributed by atoms with E-state index in [0.717, 1.165) is 35.7 Å². The van der Waals surface area contributed by atoms with Crippen LogP contribution in [0.3, 0.4) is 0 Å². The highest BCUT2D eigenvalue weighted by molar-refractivity contribution is 6.10. The Morgan fingerprint density at radius 1 is 0.711 bits per heavy atom. The zero-order valence-corrected chi connectivity index (χ0v) is 21.3. The molecule has 2 aromatic heterocycles. The van der Waals surface area contributed by atoms with Crippen molar-refractivity contribution in [3.63, 3.8) is 0 Å². The first-order valence-electron chi connectivity index (χ1n) is 13.3. The van der Waals surface area contributed by atoms with Crippen molar-refractivity contribution in [2.75, 3.05) is 0 Å². The molecular formula is C34H28N4. The second-order valence-electron chi connectivity index (χ2n) is 9.80. The van der Waals surface area contributed by atoms with Crippen molar-refractivity contribution < 1.29 is 0 Å². The summed E-state index contributed by atoms with van der Waals surface area (Å²) in [6, 6.07) is 36.4. The molecule has 1 aliphatic rings. The third kappa shape index (κ3) is 3.69. The van der Waals surface area contributed by atoms with E-state index in [9.17, 15) is 0 Å². The number of benzene rings is 4. The molecule has 184 valence electrons. The molecule has 0 aliphatic heterocycles. The highest BCUT2D eigenvalue weighted by atomic mass is 15.3. The lowest BCUT2D eigenvalue weighted by atomic mass is 9.98. The number of para-hydroxylation sites is 2. The van der Waals surface area contributed by atoms with Crippen LogP contribution in [0.5, 0.6) is 0 Å². The molecule has 1 aliphatic carbocycles. The van der Waals surface area contributed by atoms with Gasteiger partial charge in [-0.05, 0) is 48.7 Å². The topological polar surface area (TPSA) is 35.6 Å². The zero-order valence-electron chi connectivity index (χ0n) is 21.3. The molecule has 4 nitrogen and oxygen atoms in total. The summed E-state index contributed by atoms with van der Waals surface area (Å²) >= 11 is 0. The lowest BCUT2D eigenvalue weighted by molar-refractivity contribution is 0.745. The van der Waals surface area contributed by atoms with Crippen molar-refractivity contribution in [1.82, 2.24) is 19.3 Å². The van der Waals surface area contributed by atoms with Crippen LogP contribution in [-0.2, 0) is 6.42 Å². The van der Waals surface area contributed by atoms with Gasteiger partial charge < -0.3 is 4.57 Å². The largest absolute Gasteiger partial charge is 0.310 e. The summed E-state index contributed by atoms with van der Waals surface area (Å²) in [6.45, 7) is 2.18. The van der Waals surface area contributed by atoms with Crippen LogP contribution in [0.2, 0.25) is 0 Å². The Morgan fingerprint density at radius 2 is 1.37 bits per heavy atom. The Kier molecular flexibility index (Phi) is 5.51. The van der Waals surface area contributed by atoms with Gasteiger partial charge in [-0.25, -0.2) is 0 Å². The number of rotatable bonds is 5. The van der Waals surface area contributed by atoms with Crippen LogP contribution >= 0.6 is 0 Å². The lowest BCUT2D eigenvalue weighted by Crippen LogP contribution is -2.10. The van der Waals surface area contributed by atoms with Crippen molar-refractivity contribution in [2.45, 2.75) is 25.7 Å². The predicted molar refractivity (Wildman–Crippen MR) is 156 cm³/mol. The predicted octanol–water partition coefficient (Wildman–Crippen LogP) is 8.19. The quantitative estimate of drug-likeness (QED) is 0.243. The van der Waals surface area contributed by atoms with E-state index in [2.05, 4.69) is 136 Å². The molecule has 7 rings (SSSR count). The standard InChI is InChI=1S/C34H28N4/c1-2-24-16-20-28(21-17-24)38-33(25-10-4-3-5-11-25)35-36-34(38)26-18-22-27(23-19-26)37-31-14-8-6-12-29(31)30-13-7-9-15-32(30)37/h3-18,20-23,26H,2,19H2,1H3. The minimum atomic E-state index is 0.127. The molecule has 4 heteroatoms. The summed E-state index contributed by atoms with van der Waals surface area (Å²) in [5.41, 5.74) is 7.13. The first-order valence-corrected chi connectivity index (χ1v) is 13.3. The molecule has 6 aromatic rings. The van der Waals surface area contributed by atoms with Gasteiger partial charge in [0.15, 0.2) is 5.82 Å². The van der Waals surface area contributed by atoms with E-state index in [-0.39, 0.29) is 5.92 Å². The third-order valence-corrected chi connectivity index (χ3v) is 7.57. The molecule has 1 unspecified atom stereocenters. The van der Waals surface area contributed by atoms with Crippen molar-refractivity contribution in [2.24, 2.45) is 0 Å². The van der Waals surface area contributed by atoms with E-state index in [1.807, 2.05) is 6.07 Å². The number of nitrogens with zero attached hydrogens (tertiary/aromatic N) is 4. The zero-order chi connectivity index (χ0) is 25.5. The Labute approximate surface area is 222 Å². The van der Waals surface area contributed by atoms with Crippen LogP contribution in [-0.4, -0.2) is 19.3 Å². The van der Waals surface area contributed by atoms with Gasteiger partial charge in [0, 0.05) is 33.6 Å². The third-order valence-electron chi connectivity index (χ3n) is 7.57. The highest BCUT2D eigenvalue weighted by Gasteiger charge is 2.23. The Bertz CT molecular complexity index is 1760. The van der Waals surface area contributed by atoms with Crippen molar-refractivity contribution in [3.05, 3.63) is 133 Å². The number of aromatic nitrogens is 4. The van der Waals surface area contributed by atoms with Gasteiger partial charge >= 0.3 is 0 Å². The van der Waals surface area contributed by atoms with Gasteiger partial charge in [0.25, 0.3) is 0 Å². The van der Waals surface area contributed by atoms with E-state index in [1.54, 1.807) is 0 Å². The SMILES string of the molecule is CCc1ccc(-n2c(-c3ccccc3)nnc2C2C=CC(n3c4ccccc4c4ccccc43)=CC2)cc1. The van der Waals surface area contributed by atoms with E-state index in [1.165, 1.54) is 33.1 Å². The van der Waals surface area contributed by atoms with Crippen LogP contribution in [0.4, 0.5) is 0 Å². The number of aryl methyl sites for hydroxylation is 1. The fourth-order valence-corrected chi connectivity index (χ4v) is 5.61. The summed E-state index contributed by atoms with van der Waals surface area (Å²) in [4.78, 5) is 0. The first-order chi connectivity index (χ1) is 18.8. The fraction of sp³-hybridized carbons (Fsp3) is 0.118. The molecule has 1 atom stereocenters. The van der Waals surface area contributed by atoms with Crippen LogP contribution < -0.4 is 0 Å². The van der Waals surface area contributed by atoms with E-state index < -0.39 is 0 Å². The summed E-state index contributed by atoms with van der Waals surface area (Å²) in [6.07, 6.45) is 8.74. The van der Waals surface area contributed by atoms with E-state index >= 15 is 0 Å². The van der Waals surface area contributed by atoms with Crippen LogP contribution in [0.15, 0.2) is 121 Å². The average Bonchev–Trinajstić information content (AvgIpc) is 3.58. The number of allylic oxidation sites excluding steroid dienone is 4. The molecular weight excluding hydrogens is 464 g/mol. The Hall–Kier alpha value is -4.70. The normalized spacial score (nSPS) is 15.3. The Balaban J connectivity index is 1.30. The summed E-state index contributed by atoms with van der Waals surface area (Å²) < 4.78 is 4.60. The fourth-order valence-electron chi connectivity index (χ4n) is 5.61. The summed E-state index contributed by atoms with van der Waals surface area (Å²) in [5, 5.41) is 12.0. The molecule has 0 N–H and O–H groups in total. The average molecular weight is 493 g/mol. The molecule has 38 heavy (non-hydrogen) atoms. The molecule has 0 radical (unpaired) electrons. The summed E-state index contributed by atoms with van der Waals surface area (Å²) in [7, 11) is 0. The lowest BCUT2D eigenvalue weighted by Gasteiger charge is -2.19. The van der Waals surface area contributed by atoms with Gasteiger partial charge in [-0.3, -0.25) is 4.57 Å². The maximum atomic E-state index is 4.75. The molecule has 0 amide bonds. The van der Waals surface area contributed by atoms with Gasteiger partial charge in [0.05, 0.1) is 11.0 Å². The highest BCUT2D eigenvalue weighted by Crippen LogP contribution is 2.36. The molecule has 0 fully saturated rings. The minimum Gasteiger partial charge on any atom is -0.310 e. The van der Waals surface area contributed by atoms with Crippen molar-refractivity contribution in [3.8, 4) is 17.1 Å². The van der Waals surface area contributed by atoms with Crippen molar-refractivity contribution >= 4 is 27.5 Å². The molecule has 2 heterocycles. The second-order valence-corrected chi connectivity index (χ2v) is 9.80. The number of hydrogen-bond acceptors (Lipinski definition) is 2. The van der Waals surface area contributed by atoms with Crippen LogP contribution in [0.1, 0.15) is 30.7 Å². The molecule has 0 saturated heterocycles. The van der Waals surface area contributed by atoms with Gasteiger partial charge in [-0.1, -0.05) is 97.9 Å². The maximum Gasteiger partial charge on any atom is 0.168 e. The maximum absolute atomic E-state index is 4.75. The molecule has 4 aromatic carbocycles. The van der Waals surface area contributed by atoms with Crippen LogP contribution in [0, 0.1) is 0 Å². The molecule has 0 bridgehead atoms. The monoisotopic (exact) mass is 492 g/mol. The van der Waals surface area contributed by atoms with Gasteiger partial charge in [-0.2, -0.15) is 0 Å². The smallest absolute Gasteiger partial charge is 0.168 e.